The van der Waals surface area contributed by atoms with Crippen LogP contribution < -0.4 is 15.1 Å². The van der Waals surface area contributed by atoms with Crippen molar-refractivity contribution in [3.8, 4) is 0 Å². The van der Waals surface area contributed by atoms with E-state index in [9.17, 15) is 24.5 Å². The van der Waals surface area contributed by atoms with E-state index in [1.807, 2.05) is 6.92 Å². The zero-order valence-corrected chi connectivity index (χ0v) is 18.4. The molecule has 0 saturated carbocycles. The number of amides is 3. The van der Waals surface area contributed by atoms with E-state index in [4.69, 9.17) is 11.6 Å². The minimum absolute atomic E-state index is 0.157. The second kappa shape index (κ2) is 6.61. The number of anilines is 2. The van der Waals surface area contributed by atoms with Gasteiger partial charge < -0.3 is 10.2 Å². The van der Waals surface area contributed by atoms with E-state index in [0.717, 1.165) is 28.2 Å². The molecule has 0 aromatic heterocycles. The number of quaternary nitrogens is 1. The van der Waals surface area contributed by atoms with Gasteiger partial charge in [-0.05, 0) is 30.7 Å². The summed E-state index contributed by atoms with van der Waals surface area (Å²) in [6.45, 7) is 2.53. The fourth-order valence-corrected chi connectivity index (χ4v) is 6.96. The molecule has 3 amide bonds. The van der Waals surface area contributed by atoms with Gasteiger partial charge in [-0.3, -0.25) is 24.5 Å². The molecule has 4 aliphatic rings. The predicted molar refractivity (Wildman–Crippen MR) is 118 cm³/mol. The number of fused-ring (bicyclic) bond motifs is 7. The maximum Gasteiger partial charge on any atom is 0.291 e. The molecule has 0 bridgehead atoms. The number of nitrogens with one attached hydrogen (secondary N) is 2. The van der Waals surface area contributed by atoms with Crippen LogP contribution >= 0.6 is 11.6 Å². The molecular formula is C23H20ClN4O5+. The Morgan fingerprint density at radius 1 is 1.21 bits per heavy atom. The third-order valence-corrected chi connectivity index (χ3v) is 8.01. The van der Waals surface area contributed by atoms with Crippen molar-refractivity contribution < 1.29 is 24.2 Å². The number of hydrogen-bond acceptors (Lipinski definition) is 5. The maximum absolute atomic E-state index is 13.9. The van der Waals surface area contributed by atoms with Gasteiger partial charge in [0.25, 0.3) is 11.6 Å². The molecule has 2 aromatic carbocycles. The normalized spacial score (nSPS) is 31.7. The van der Waals surface area contributed by atoms with Gasteiger partial charge in [0, 0.05) is 35.6 Å². The van der Waals surface area contributed by atoms with Crippen LogP contribution in [0.2, 0.25) is 5.02 Å². The quantitative estimate of drug-likeness (QED) is 0.395. The lowest BCUT2D eigenvalue weighted by molar-refractivity contribution is -0.948. The van der Waals surface area contributed by atoms with Crippen LogP contribution in [0.1, 0.15) is 24.0 Å². The Labute approximate surface area is 193 Å². The maximum atomic E-state index is 13.9. The standard InChI is InChI=1S/C23H19ClN4O5/c1-11-8-12(24)9-15-19(11)25-22(31)23(15)18-17(16-6-3-7-26(16)23)20(29)27(21(18)30)13-4-2-5-14(10-13)28(32)33/h2,4-5,8-10,16-18H,3,6-7H2,1H3,(H,25,31)/p+1/t16-,17+,18-,23-/m0/s1. The first-order valence-electron chi connectivity index (χ1n) is 10.9. The van der Waals surface area contributed by atoms with E-state index < -0.39 is 34.1 Å². The van der Waals surface area contributed by atoms with E-state index in [1.165, 1.54) is 24.3 Å². The molecule has 0 aliphatic carbocycles. The van der Waals surface area contributed by atoms with Gasteiger partial charge in [-0.25, -0.2) is 4.90 Å². The molecule has 33 heavy (non-hydrogen) atoms. The highest BCUT2D eigenvalue weighted by Gasteiger charge is 2.78. The first-order valence-corrected chi connectivity index (χ1v) is 11.2. The Balaban J connectivity index is 1.55. The topological polar surface area (TPSA) is 114 Å². The van der Waals surface area contributed by atoms with Crippen molar-refractivity contribution in [1.82, 2.24) is 0 Å². The van der Waals surface area contributed by atoms with Crippen LogP contribution in [0.3, 0.4) is 0 Å². The van der Waals surface area contributed by atoms with Gasteiger partial charge in [0.15, 0.2) is 0 Å². The van der Waals surface area contributed by atoms with E-state index in [1.54, 1.807) is 12.1 Å². The molecule has 2 aromatic rings. The molecule has 6 rings (SSSR count). The largest absolute Gasteiger partial charge is 0.320 e. The number of aryl methyl sites for hydroxylation is 1. The minimum Gasteiger partial charge on any atom is -0.320 e. The number of nitro groups is 1. The second-order valence-corrected chi connectivity index (χ2v) is 9.66. The zero-order chi connectivity index (χ0) is 23.2. The number of hydrogen-bond donors (Lipinski definition) is 2. The molecule has 4 heterocycles. The Morgan fingerprint density at radius 2 is 2.00 bits per heavy atom. The van der Waals surface area contributed by atoms with Gasteiger partial charge >= 0.3 is 0 Å². The van der Waals surface area contributed by atoms with Gasteiger partial charge in [-0.2, -0.15) is 0 Å². The van der Waals surface area contributed by atoms with Crippen molar-refractivity contribution >= 4 is 46.4 Å². The Hall–Kier alpha value is -3.30. The number of nitro benzene ring substituents is 1. The summed E-state index contributed by atoms with van der Waals surface area (Å²) in [4.78, 5) is 54.0. The molecule has 2 N–H and O–H groups in total. The van der Waals surface area contributed by atoms with Crippen molar-refractivity contribution in [3.05, 3.63) is 62.7 Å². The molecule has 9 nitrogen and oxygen atoms in total. The van der Waals surface area contributed by atoms with Crippen molar-refractivity contribution in [1.29, 1.82) is 0 Å². The number of carbonyl (C=O) groups is 3. The minimum atomic E-state index is -1.25. The molecule has 3 saturated heterocycles. The molecule has 1 unspecified atom stereocenters. The van der Waals surface area contributed by atoms with Gasteiger partial charge in [0.1, 0.15) is 17.9 Å². The van der Waals surface area contributed by atoms with Crippen LogP contribution in [0.5, 0.6) is 0 Å². The fourth-order valence-electron chi connectivity index (χ4n) is 6.69. The van der Waals surface area contributed by atoms with Crippen molar-refractivity contribution in [2.45, 2.75) is 31.3 Å². The first-order chi connectivity index (χ1) is 15.8. The third-order valence-electron chi connectivity index (χ3n) is 7.79. The smallest absolute Gasteiger partial charge is 0.291 e. The summed E-state index contributed by atoms with van der Waals surface area (Å²) in [6.07, 6.45) is 1.56. The predicted octanol–water partition coefficient (Wildman–Crippen LogP) is 1.57. The molecule has 4 aliphatic heterocycles. The van der Waals surface area contributed by atoms with Crippen molar-refractivity contribution in [2.75, 3.05) is 16.8 Å². The molecule has 1 spiro atoms. The highest BCUT2D eigenvalue weighted by Crippen LogP contribution is 2.53. The van der Waals surface area contributed by atoms with Gasteiger partial charge in [0.2, 0.25) is 17.4 Å². The van der Waals surface area contributed by atoms with Gasteiger partial charge in [0.05, 0.1) is 22.8 Å². The van der Waals surface area contributed by atoms with E-state index >= 15 is 0 Å². The number of carbonyl (C=O) groups excluding carboxylic acids is 3. The summed E-state index contributed by atoms with van der Waals surface area (Å²) in [7, 11) is 0. The van der Waals surface area contributed by atoms with E-state index in [0.29, 0.717) is 22.8 Å². The van der Waals surface area contributed by atoms with E-state index in [-0.39, 0.29) is 23.3 Å². The zero-order valence-electron chi connectivity index (χ0n) is 17.6. The number of imide groups is 1. The molecule has 5 atom stereocenters. The fraction of sp³-hybridized carbons (Fsp3) is 0.348. The third kappa shape index (κ3) is 2.38. The van der Waals surface area contributed by atoms with Crippen LogP contribution in [0.25, 0.3) is 0 Å². The lowest BCUT2D eigenvalue weighted by Crippen LogP contribution is -3.19. The van der Waals surface area contributed by atoms with Crippen molar-refractivity contribution in [3.63, 3.8) is 0 Å². The Bertz CT molecular complexity index is 1300. The average molecular weight is 468 g/mol. The van der Waals surface area contributed by atoms with Crippen LogP contribution in [0, 0.1) is 28.9 Å². The van der Waals surface area contributed by atoms with Crippen LogP contribution in [-0.4, -0.2) is 35.2 Å². The highest BCUT2D eigenvalue weighted by molar-refractivity contribution is 6.31. The highest BCUT2D eigenvalue weighted by atomic mass is 35.5. The van der Waals surface area contributed by atoms with Crippen molar-refractivity contribution in [2.24, 2.45) is 11.8 Å². The van der Waals surface area contributed by atoms with E-state index in [2.05, 4.69) is 5.32 Å². The Morgan fingerprint density at radius 3 is 2.76 bits per heavy atom. The number of benzene rings is 2. The van der Waals surface area contributed by atoms with Gasteiger partial charge in [-0.15, -0.1) is 0 Å². The monoisotopic (exact) mass is 467 g/mol. The summed E-state index contributed by atoms with van der Waals surface area (Å²) < 4.78 is 0. The lowest BCUT2D eigenvalue weighted by Gasteiger charge is -2.33. The second-order valence-electron chi connectivity index (χ2n) is 9.22. The number of nitrogens with zero attached hydrogens (tertiary/aromatic N) is 2. The van der Waals surface area contributed by atoms with Crippen LogP contribution in [0.4, 0.5) is 17.1 Å². The summed E-state index contributed by atoms with van der Waals surface area (Å²) in [6, 6.07) is 8.81. The molecule has 10 heteroatoms. The lowest BCUT2D eigenvalue weighted by atomic mass is 9.75. The average Bonchev–Trinajstić information content (AvgIpc) is 3.47. The molecule has 168 valence electrons. The van der Waals surface area contributed by atoms with Crippen LogP contribution in [0.15, 0.2) is 36.4 Å². The summed E-state index contributed by atoms with van der Waals surface area (Å²) >= 11 is 6.39. The summed E-state index contributed by atoms with van der Waals surface area (Å²) in [5.74, 6) is -2.76. The SMILES string of the molecule is Cc1cc(Cl)cc2c1NC(=O)[C@@]21[C@@H]2C(=O)N(c3cccc([N+](=O)[O-])c3)C(=O)[C@@H]2[C@@H]2CCC[NH+]21. The summed E-state index contributed by atoms with van der Waals surface area (Å²) in [5.41, 5.74) is 0.808. The molecular weight excluding hydrogens is 448 g/mol. The number of rotatable bonds is 2. The first kappa shape index (κ1) is 20.3. The molecule has 0 radical (unpaired) electrons. The Kier molecular flexibility index (Phi) is 4.07. The molecule has 3 fully saturated rings. The van der Waals surface area contributed by atoms with Crippen LogP contribution in [-0.2, 0) is 19.9 Å². The number of non-ortho nitro benzene ring substituents is 1. The summed E-state index contributed by atoms with van der Waals surface area (Å²) in [5, 5.41) is 14.7. The van der Waals surface area contributed by atoms with Gasteiger partial charge in [-0.1, -0.05) is 17.7 Å². The number of halogens is 1.